The Bertz CT molecular complexity index is 319. The molecule has 0 aliphatic rings. The second-order valence-electron chi connectivity index (χ2n) is 2.74. The minimum atomic E-state index is -0.147. The molecule has 6 nitrogen and oxygen atoms in total. The van der Waals surface area contributed by atoms with Crippen molar-refractivity contribution >= 4 is 12.1 Å². The van der Waals surface area contributed by atoms with Gasteiger partial charge in [-0.2, -0.15) is 0 Å². The Morgan fingerprint density at radius 2 is 2.29 bits per heavy atom. The Hall–Kier alpha value is -1.53. The third-order valence-electron chi connectivity index (χ3n) is 1.52. The highest BCUT2D eigenvalue weighted by atomic mass is 16.8. The minimum Gasteiger partial charge on any atom is -0.624 e. The van der Waals surface area contributed by atoms with Crippen molar-refractivity contribution in [1.82, 2.24) is 0 Å². The van der Waals surface area contributed by atoms with E-state index in [4.69, 9.17) is 14.8 Å². The summed E-state index contributed by atoms with van der Waals surface area (Å²) in [4.78, 5) is 0. The van der Waals surface area contributed by atoms with Crippen LogP contribution in [-0.2, 0) is 0 Å². The van der Waals surface area contributed by atoms with E-state index in [1.165, 1.54) is 18.3 Å². The van der Waals surface area contributed by atoms with E-state index in [0.717, 1.165) is 11.2 Å². The van der Waals surface area contributed by atoms with Crippen LogP contribution in [-0.4, -0.2) is 27.9 Å². The van der Waals surface area contributed by atoms with Crippen LogP contribution in [0.3, 0.4) is 0 Å². The number of nitrogens with zero attached hydrogens (tertiary/aromatic N) is 2. The Kier molecular flexibility index (Phi) is 3.49. The number of anilines is 1. The molecule has 6 heteroatoms. The lowest BCUT2D eigenvalue weighted by molar-refractivity contribution is -0.452. The van der Waals surface area contributed by atoms with Crippen LogP contribution in [0.15, 0.2) is 16.5 Å². The van der Waals surface area contributed by atoms with Gasteiger partial charge >= 0.3 is 0 Å². The molecule has 14 heavy (non-hydrogen) atoms. The summed E-state index contributed by atoms with van der Waals surface area (Å²) < 4.78 is 5.61. The first-order valence-corrected chi connectivity index (χ1v) is 4.20. The summed E-state index contributed by atoms with van der Waals surface area (Å²) in [5.41, 5.74) is 0. The first-order chi connectivity index (χ1) is 6.63. The van der Waals surface area contributed by atoms with Crippen LogP contribution in [0.2, 0.25) is 0 Å². The van der Waals surface area contributed by atoms with Crippen molar-refractivity contribution < 1.29 is 19.6 Å². The van der Waals surface area contributed by atoms with Crippen LogP contribution in [0.25, 0.3) is 0 Å². The molecule has 0 saturated heterocycles. The van der Waals surface area contributed by atoms with Gasteiger partial charge in [0.25, 0.3) is 0 Å². The second kappa shape index (κ2) is 4.64. The normalized spacial score (nSPS) is 11.8. The highest BCUT2D eigenvalue weighted by molar-refractivity contribution is 5.72. The van der Waals surface area contributed by atoms with Crippen molar-refractivity contribution in [3.8, 4) is 0 Å². The van der Waals surface area contributed by atoms with Gasteiger partial charge in [-0.15, -0.1) is 0 Å². The molecule has 78 valence electrons. The van der Waals surface area contributed by atoms with Crippen molar-refractivity contribution in [2.45, 2.75) is 13.3 Å². The molecule has 0 aromatic carbocycles. The zero-order valence-corrected chi connectivity index (χ0v) is 7.75. The van der Waals surface area contributed by atoms with Crippen molar-refractivity contribution in [2.24, 2.45) is 0 Å². The molecule has 0 bridgehead atoms. The zero-order valence-electron chi connectivity index (χ0n) is 7.75. The summed E-state index contributed by atoms with van der Waals surface area (Å²) >= 11 is 0. The van der Waals surface area contributed by atoms with Gasteiger partial charge in [-0.05, 0) is 6.07 Å². The molecule has 0 amide bonds. The predicted molar refractivity (Wildman–Crippen MR) is 48.7 cm³/mol. The van der Waals surface area contributed by atoms with Crippen LogP contribution in [0.4, 0.5) is 5.88 Å². The first-order valence-electron chi connectivity index (χ1n) is 4.20. The van der Waals surface area contributed by atoms with Crippen molar-refractivity contribution in [3.63, 3.8) is 0 Å². The van der Waals surface area contributed by atoms with E-state index >= 15 is 0 Å². The second-order valence-corrected chi connectivity index (χ2v) is 2.74. The van der Waals surface area contributed by atoms with Crippen molar-refractivity contribution in [2.75, 3.05) is 11.8 Å². The molecule has 0 fully saturated rings. The molecule has 1 heterocycles. The first kappa shape index (κ1) is 10.6. The number of rotatable bonds is 4. The van der Waals surface area contributed by atoms with Gasteiger partial charge in [-0.1, -0.05) is 12.2 Å². The van der Waals surface area contributed by atoms with E-state index in [1.54, 1.807) is 0 Å². The van der Waals surface area contributed by atoms with Crippen LogP contribution in [0, 0.1) is 5.21 Å². The molecule has 0 unspecified atom stereocenters. The van der Waals surface area contributed by atoms with Gasteiger partial charge < -0.3 is 9.62 Å². The Balaban J connectivity index is 2.72. The van der Waals surface area contributed by atoms with Crippen LogP contribution >= 0.6 is 0 Å². The Morgan fingerprint density at radius 3 is 2.79 bits per heavy atom. The fourth-order valence-electron chi connectivity index (χ4n) is 0.946. The molecule has 1 aromatic heterocycles. The van der Waals surface area contributed by atoms with Gasteiger partial charge in [0, 0.05) is 12.5 Å². The molecule has 0 saturated carbocycles. The van der Waals surface area contributed by atoms with Crippen LogP contribution in [0.1, 0.15) is 19.1 Å². The van der Waals surface area contributed by atoms with Crippen molar-refractivity contribution in [3.05, 3.63) is 23.1 Å². The van der Waals surface area contributed by atoms with Gasteiger partial charge in [-0.25, -0.2) is 4.74 Å². The number of hydrogen-bond acceptors (Lipinski definition) is 5. The van der Waals surface area contributed by atoms with Crippen LogP contribution < -0.4 is 5.23 Å². The van der Waals surface area contributed by atoms with Gasteiger partial charge in [0.1, 0.15) is 0 Å². The summed E-state index contributed by atoms with van der Waals surface area (Å²) in [5, 5.41) is 28.0. The van der Waals surface area contributed by atoms with Gasteiger partial charge in [0.15, 0.2) is 12.3 Å². The molecule has 1 rings (SSSR count). The van der Waals surface area contributed by atoms with Gasteiger partial charge in [0.05, 0.1) is 0 Å². The third-order valence-corrected chi connectivity index (χ3v) is 1.52. The van der Waals surface area contributed by atoms with E-state index in [1.807, 2.05) is 6.92 Å². The maximum atomic E-state index is 11.1. The van der Waals surface area contributed by atoms with E-state index in [2.05, 4.69) is 0 Å². The summed E-state index contributed by atoms with van der Waals surface area (Å²) in [6, 6.07) is 2.81. The molecule has 1 aromatic rings. The third kappa shape index (κ3) is 2.75. The topological polar surface area (TPSA) is 82.9 Å². The standard InChI is InChI=1S/C8H12N2O4/c1-2-5-9(11)6-7-3-4-8(14-7)10(12)13/h3-4,6,12-13H,2,5H2,1H3/b9-6+. The average Bonchev–Trinajstić information content (AvgIpc) is 2.53. The minimum absolute atomic E-state index is 0.138. The molecule has 0 spiro atoms. The predicted octanol–water partition coefficient (Wildman–Crippen LogP) is 1.20. The Labute approximate surface area is 80.8 Å². The van der Waals surface area contributed by atoms with Crippen molar-refractivity contribution in [1.29, 1.82) is 0 Å². The highest BCUT2D eigenvalue weighted by Gasteiger charge is 2.06. The van der Waals surface area contributed by atoms with Crippen LogP contribution in [0.5, 0.6) is 0 Å². The van der Waals surface area contributed by atoms with E-state index in [9.17, 15) is 5.21 Å². The molecule has 0 atom stereocenters. The fraction of sp³-hybridized carbons (Fsp3) is 0.375. The van der Waals surface area contributed by atoms with E-state index < -0.39 is 0 Å². The largest absolute Gasteiger partial charge is 0.624 e. The Morgan fingerprint density at radius 1 is 1.57 bits per heavy atom. The summed E-state index contributed by atoms with van der Waals surface area (Å²) in [7, 11) is 0. The number of furan rings is 1. The highest BCUT2D eigenvalue weighted by Crippen LogP contribution is 2.13. The fourth-order valence-corrected chi connectivity index (χ4v) is 0.946. The van der Waals surface area contributed by atoms with E-state index in [-0.39, 0.29) is 16.9 Å². The molecule has 2 N–H and O–H groups in total. The molecule has 0 aliphatic heterocycles. The summed E-state index contributed by atoms with van der Waals surface area (Å²) in [5.74, 6) is 0.137. The number of hydroxylamine groups is 1. The lowest BCUT2D eigenvalue weighted by atomic mass is 10.4. The lowest BCUT2D eigenvalue weighted by Gasteiger charge is -2.01. The molecular weight excluding hydrogens is 188 g/mol. The number of hydrogen-bond donors (Lipinski definition) is 2. The smallest absolute Gasteiger partial charge is 0.247 e. The van der Waals surface area contributed by atoms with E-state index in [0.29, 0.717) is 6.54 Å². The maximum absolute atomic E-state index is 11.1. The monoisotopic (exact) mass is 200 g/mol. The summed E-state index contributed by atoms with van der Waals surface area (Å²) in [6.07, 6.45) is 1.98. The zero-order chi connectivity index (χ0) is 10.6. The average molecular weight is 200 g/mol. The quantitative estimate of drug-likeness (QED) is 0.330. The SMILES string of the molecule is CCC/[N+]([O-])=C\c1ccc(N(O)O)o1. The summed E-state index contributed by atoms with van der Waals surface area (Å²) in [6.45, 7) is 2.26. The molecule has 0 aliphatic carbocycles. The molecular formula is C8H12N2O4. The van der Waals surface area contributed by atoms with Gasteiger partial charge in [-0.3, -0.25) is 10.4 Å². The maximum Gasteiger partial charge on any atom is 0.247 e. The molecule has 0 radical (unpaired) electrons. The lowest BCUT2D eigenvalue weighted by Crippen LogP contribution is -2.09. The van der Waals surface area contributed by atoms with Gasteiger partial charge in [0.2, 0.25) is 12.1 Å².